The minimum Gasteiger partial charge on any atom is -0.480 e. The summed E-state index contributed by atoms with van der Waals surface area (Å²) in [4.78, 5) is 37.0. The summed E-state index contributed by atoms with van der Waals surface area (Å²) in [7, 11) is -1.59. The van der Waals surface area contributed by atoms with Gasteiger partial charge in [-0.1, -0.05) is 36.9 Å². The number of nitrogens with zero attached hydrogens (tertiary/aromatic N) is 1. The molecule has 0 bridgehead atoms. The van der Waals surface area contributed by atoms with Gasteiger partial charge in [-0.2, -0.15) is 0 Å². The molecule has 2 fully saturated rings. The van der Waals surface area contributed by atoms with Gasteiger partial charge in [-0.15, -0.1) is 0 Å². The van der Waals surface area contributed by atoms with E-state index in [2.05, 4.69) is 11.9 Å². The highest BCUT2D eigenvalue weighted by molar-refractivity contribution is 7.89. The SMILES string of the molecule is C=C1CC(C(=O)O)N2C(=O)C(NC(=O)Cc3ccccc3)[C@H]2S1=O. The topological polar surface area (TPSA) is 104 Å². The third kappa shape index (κ3) is 2.73. The third-order valence-corrected chi connectivity index (χ3v) is 5.82. The summed E-state index contributed by atoms with van der Waals surface area (Å²) >= 11 is 0. The quantitative estimate of drug-likeness (QED) is 0.746. The van der Waals surface area contributed by atoms with E-state index in [1.807, 2.05) is 6.07 Å². The summed E-state index contributed by atoms with van der Waals surface area (Å²) in [5.74, 6) is -2.06. The lowest BCUT2D eigenvalue weighted by atomic mass is 10.00. The fourth-order valence-electron chi connectivity index (χ4n) is 2.96. The summed E-state index contributed by atoms with van der Waals surface area (Å²) in [5.41, 5.74) is 0.788. The number of β-lactam (4-membered cyclic amide) rings is 1. The second kappa shape index (κ2) is 6.20. The van der Waals surface area contributed by atoms with Crippen molar-refractivity contribution in [3.8, 4) is 0 Å². The minimum atomic E-state index is -1.59. The van der Waals surface area contributed by atoms with Gasteiger partial charge in [0.2, 0.25) is 11.8 Å². The number of nitrogens with one attached hydrogen (secondary N) is 1. The Bertz CT molecular complexity index is 748. The molecule has 0 aliphatic carbocycles. The van der Waals surface area contributed by atoms with Crippen molar-refractivity contribution in [2.75, 3.05) is 0 Å². The molecular formula is C16H16N2O5S. The lowest BCUT2D eigenvalue weighted by Crippen LogP contribution is -2.76. The molecule has 126 valence electrons. The van der Waals surface area contributed by atoms with Crippen molar-refractivity contribution in [3.05, 3.63) is 47.4 Å². The predicted octanol–water partition coefficient (Wildman–Crippen LogP) is 0.00150. The van der Waals surface area contributed by atoms with Crippen LogP contribution in [-0.4, -0.2) is 49.5 Å². The van der Waals surface area contributed by atoms with Gasteiger partial charge in [0.1, 0.15) is 17.5 Å². The first kappa shape index (κ1) is 16.4. The Balaban J connectivity index is 1.72. The zero-order valence-electron chi connectivity index (χ0n) is 12.7. The smallest absolute Gasteiger partial charge is 0.326 e. The highest BCUT2D eigenvalue weighted by atomic mass is 32.2. The number of carbonyl (C=O) groups excluding carboxylic acids is 2. The van der Waals surface area contributed by atoms with Crippen LogP contribution in [0.2, 0.25) is 0 Å². The molecule has 24 heavy (non-hydrogen) atoms. The largest absolute Gasteiger partial charge is 0.480 e. The highest BCUT2D eigenvalue weighted by Crippen LogP contribution is 2.36. The number of carboxylic acids is 1. The van der Waals surface area contributed by atoms with Crippen LogP contribution in [-0.2, 0) is 31.6 Å². The number of hydrogen-bond donors (Lipinski definition) is 2. The van der Waals surface area contributed by atoms with Crippen molar-refractivity contribution in [3.63, 3.8) is 0 Å². The first-order valence-corrected chi connectivity index (χ1v) is 8.58. The molecule has 0 radical (unpaired) electrons. The molecule has 1 aromatic rings. The van der Waals surface area contributed by atoms with Crippen LogP contribution in [0.3, 0.4) is 0 Å². The van der Waals surface area contributed by atoms with Gasteiger partial charge < -0.3 is 15.3 Å². The zero-order chi connectivity index (χ0) is 17.4. The van der Waals surface area contributed by atoms with Gasteiger partial charge in [0.05, 0.1) is 17.2 Å². The second-order valence-electron chi connectivity index (χ2n) is 5.74. The molecule has 2 N–H and O–H groups in total. The number of benzene rings is 1. The van der Waals surface area contributed by atoms with Crippen molar-refractivity contribution >= 4 is 28.6 Å². The Hall–Kier alpha value is -2.48. The number of fused-ring (bicyclic) bond motifs is 1. The summed E-state index contributed by atoms with van der Waals surface area (Å²) < 4.78 is 12.3. The molecule has 2 aliphatic heterocycles. The van der Waals surface area contributed by atoms with Crippen molar-refractivity contribution < 1.29 is 23.7 Å². The highest BCUT2D eigenvalue weighted by Gasteiger charge is 2.58. The number of aliphatic carboxylic acids is 1. The number of amides is 2. The zero-order valence-corrected chi connectivity index (χ0v) is 13.5. The van der Waals surface area contributed by atoms with Gasteiger partial charge >= 0.3 is 5.97 Å². The van der Waals surface area contributed by atoms with E-state index in [1.54, 1.807) is 24.3 Å². The fraction of sp³-hybridized carbons (Fsp3) is 0.312. The Morgan fingerprint density at radius 1 is 1.33 bits per heavy atom. The molecule has 2 saturated heterocycles. The molecule has 0 spiro atoms. The predicted molar refractivity (Wildman–Crippen MR) is 86.0 cm³/mol. The molecule has 2 heterocycles. The molecular weight excluding hydrogens is 332 g/mol. The average molecular weight is 348 g/mol. The van der Waals surface area contributed by atoms with Crippen LogP contribution in [0.5, 0.6) is 0 Å². The van der Waals surface area contributed by atoms with E-state index < -0.39 is 40.1 Å². The Morgan fingerprint density at radius 2 is 2.00 bits per heavy atom. The van der Waals surface area contributed by atoms with Gasteiger partial charge in [-0.25, -0.2) is 4.79 Å². The van der Waals surface area contributed by atoms with E-state index in [9.17, 15) is 23.7 Å². The maximum absolute atomic E-state index is 12.3. The van der Waals surface area contributed by atoms with Gasteiger partial charge in [0.25, 0.3) is 0 Å². The summed E-state index contributed by atoms with van der Waals surface area (Å²) in [6.07, 6.45) is 0.0577. The molecule has 4 atom stereocenters. The first-order chi connectivity index (χ1) is 11.4. The minimum absolute atomic E-state index is 0.0329. The number of carbonyl (C=O) groups is 3. The molecule has 0 aromatic heterocycles. The van der Waals surface area contributed by atoms with Crippen molar-refractivity contribution in [1.82, 2.24) is 10.2 Å². The van der Waals surface area contributed by atoms with E-state index in [1.165, 1.54) is 0 Å². The van der Waals surface area contributed by atoms with Crippen LogP contribution < -0.4 is 5.32 Å². The van der Waals surface area contributed by atoms with Crippen LogP contribution in [0.25, 0.3) is 0 Å². The molecule has 1 aromatic carbocycles. The van der Waals surface area contributed by atoms with E-state index in [0.29, 0.717) is 0 Å². The molecule has 3 unspecified atom stereocenters. The van der Waals surface area contributed by atoms with Crippen molar-refractivity contribution in [2.24, 2.45) is 0 Å². The average Bonchev–Trinajstić information content (AvgIpc) is 2.55. The number of hydrogen-bond acceptors (Lipinski definition) is 4. The van der Waals surface area contributed by atoms with Crippen LogP contribution in [0, 0.1) is 0 Å². The Morgan fingerprint density at radius 3 is 2.62 bits per heavy atom. The number of rotatable bonds is 4. The van der Waals surface area contributed by atoms with Crippen molar-refractivity contribution in [1.29, 1.82) is 0 Å². The van der Waals surface area contributed by atoms with Crippen LogP contribution in [0.15, 0.2) is 41.8 Å². The fourth-order valence-corrected chi connectivity index (χ4v) is 4.51. The van der Waals surface area contributed by atoms with Gasteiger partial charge in [0, 0.05) is 11.3 Å². The van der Waals surface area contributed by atoms with Gasteiger partial charge in [-0.3, -0.25) is 13.8 Å². The monoisotopic (exact) mass is 348 g/mol. The molecule has 3 rings (SSSR count). The molecule has 8 heteroatoms. The molecule has 0 saturated carbocycles. The van der Waals surface area contributed by atoms with E-state index in [0.717, 1.165) is 10.5 Å². The molecule has 7 nitrogen and oxygen atoms in total. The van der Waals surface area contributed by atoms with E-state index in [-0.39, 0.29) is 23.7 Å². The third-order valence-electron chi connectivity index (χ3n) is 4.15. The van der Waals surface area contributed by atoms with Crippen molar-refractivity contribution in [2.45, 2.75) is 30.3 Å². The first-order valence-electron chi connectivity index (χ1n) is 7.36. The Kier molecular flexibility index (Phi) is 4.23. The maximum Gasteiger partial charge on any atom is 0.326 e. The molecule has 2 amide bonds. The lowest BCUT2D eigenvalue weighted by Gasteiger charge is -2.51. The maximum atomic E-state index is 12.3. The standard InChI is InChI=1S/C16H16N2O5S/c1-9-7-11(16(21)22)18-14(20)13(15(18)24(9)23)17-12(19)8-10-5-3-2-4-6-10/h2-6,11,13,15H,1,7-8H2,(H,17,19)(H,21,22)/t11?,13?,15-,24?/m1/s1. The van der Waals surface area contributed by atoms with Gasteiger partial charge in [0.15, 0.2) is 0 Å². The Labute approximate surface area is 140 Å². The normalized spacial score (nSPS) is 28.8. The number of carboxylic acid groups (broad SMARTS) is 1. The summed E-state index contributed by atoms with van der Waals surface area (Å²) in [6, 6.07) is 6.96. The lowest BCUT2D eigenvalue weighted by molar-refractivity contribution is -0.162. The van der Waals surface area contributed by atoms with E-state index in [4.69, 9.17) is 0 Å². The van der Waals surface area contributed by atoms with Gasteiger partial charge in [-0.05, 0) is 5.56 Å². The van der Waals surface area contributed by atoms with E-state index >= 15 is 0 Å². The van der Waals surface area contributed by atoms with Crippen LogP contribution in [0.1, 0.15) is 12.0 Å². The second-order valence-corrected chi connectivity index (χ2v) is 7.39. The summed E-state index contributed by atoms with van der Waals surface area (Å²) in [5, 5.41) is 10.9. The van der Waals surface area contributed by atoms with Crippen LogP contribution >= 0.6 is 0 Å². The van der Waals surface area contributed by atoms with Crippen LogP contribution in [0.4, 0.5) is 0 Å². The summed E-state index contributed by atoms with van der Waals surface area (Å²) in [6.45, 7) is 3.64. The molecule has 2 aliphatic rings.